The zero-order valence-corrected chi connectivity index (χ0v) is 28.6. The fourth-order valence-electron chi connectivity index (χ4n) is 4.21. The van der Waals surface area contributed by atoms with E-state index in [1.807, 2.05) is 91.0 Å². The number of aliphatic hydroxyl groups excluding tert-OH is 1. The number of carboxylic acid groups (broad SMARTS) is 1. The van der Waals surface area contributed by atoms with Gasteiger partial charge in [0.2, 0.25) is 0 Å². The molecule has 3 N–H and O–H groups in total. The number of phenolic OH excluding ortho intramolecular Hbond substituents is 1. The molecule has 46 heavy (non-hydrogen) atoms. The first kappa shape index (κ1) is 37.1. The Balaban J connectivity index is 0.000000841. The number of carboxylic acids is 1. The second-order valence-electron chi connectivity index (χ2n) is 9.52. The monoisotopic (exact) mass is 670 g/mol. The summed E-state index contributed by atoms with van der Waals surface area (Å²) >= 11 is 0. The molecule has 1 heterocycles. The van der Waals surface area contributed by atoms with E-state index in [0.29, 0.717) is 35.5 Å². The third-order valence-electron chi connectivity index (χ3n) is 6.07. The van der Waals surface area contributed by atoms with Crippen molar-refractivity contribution in [1.82, 2.24) is 15.2 Å². The quantitative estimate of drug-likeness (QED) is 0.129. The molecule has 0 aliphatic carbocycles. The Morgan fingerprint density at radius 3 is 1.87 bits per heavy atom. The summed E-state index contributed by atoms with van der Waals surface area (Å²) in [5.74, 6) is -2.15. The maximum atomic E-state index is 13.8. The number of aliphatic hydroxyl groups is 1. The smallest absolute Gasteiger partial charge is 0.858 e. The summed E-state index contributed by atoms with van der Waals surface area (Å²) in [5.41, 5.74) is 6.42. The number of hydrazone groups is 1. The van der Waals surface area contributed by atoms with Gasteiger partial charge in [0.1, 0.15) is 5.75 Å². The number of hydrogen-bond acceptors (Lipinski definition) is 8. The Hall–Kier alpha value is -5.12. The van der Waals surface area contributed by atoms with Crippen LogP contribution in [0.15, 0.2) is 120 Å². The fraction of sp³-hybridized carbons (Fsp3) is 0.143. The predicted molar refractivity (Wildman–Crippen MR) is 168 cm³/mol. The van der Waals surface area contributed by atoms with Crippen LogP contribution in [0.25, 0.3) is 5.69 Å². The van der Waals surface area contributed by atoms with Gasteiger partial charge in [-0.1, -0.05) is 91.0 Å². The molecule has 0 radical (unpaired) electrons. The van der Waals surface area contributed by atoms with Crippen LogP contribution >= 0.6 is 0 Å². The van der Waals surface area contributed by atoms with Gasteiger partial charge in [-0.2, -0.15) is 10.2 Å². The Bertz CT molecular complexity index is 1690. The zero-order chi connectivity index (χ0) is 32.6. The fourth-order valence-corrected chi connectivity index (χ4v) is 4.21. The Labute approximate surface area is 280 Å². The van der Waals surface area contributed by atoms with Crippen LogP contribution in [0, 0.1) is 0 Å². The van der Waals surface area contributed by atoms with Gasteiger partial charge in [-0.3, -0.25) is 4.79 Å². The maximum Gasteiger partial charge on any atom is 2.00 e. The molecule has 10 nitrogen and oxygen atoms in total. The number of hydrogen-bond donors (Lipinski definition) is 3. The number of phenols is 1. The van der Waals surface area contributed by atoms with E-state index in [0.717, 1.165) is 18.1 Å². The molecule has 0 fully saturated rings. The molecular weight excluding hydrogens is 638 g/mol. The SMILES string of the molecule is CC(=O)[O-].CCO.O=C(N/N=C(\Cc1ccccc1)c1c(Cc2ccccc2)nn(-c2ccccc2)c1[O-])c1ccccc1O.[Zn+2]. The molecule has 5 rings (SSSR count). The zero-order valence-electron chi connectivity index (χ0n) is 25.7. The van der Waals surface area contributed by atoms with Crippen LogP contribution in [0.3, 0.4) is 0 Å². The van der Waals surface area contributed by atoms with E-state index in [-0.39, 0.29) is 43.3 Å². The average molecular weight is 672 g/mol. The minimum atomic E-state index is -1.08. The number of carbonyl (C=O) groups excluding carboxylic acids is 2. The maximum absolute atomic E-state index is 13.8. The number of aromatic hydroxyl groups is 1. The molecule has 0 saturated heterocycles. The second-order valence-corrected chi connectivity index (χ2v) is 9.52. The van der Waals surface area contributed by atoms with Crippen LogP contribution in [0.2, 0.25) is 0 Å². The van der Waals surface area contributed by atoms with Crippen molar-refractivity contribution in [1.29, 1.82) is 0 Å². The van der Waals surface area contributed by atoms with Crippen molar-refractivity contribution in [3.05, 3.63) is 143 Å². The number of para-hydroxylation sites is 2. The number of aliphatic carboxylic acids is 1. The molecular formula is C35H34N4O6Zn. The third-order valence-corrected chi connectivity index (χ3v) is 6.07. The molecule has 4 aromatic carbocycles. The summed E-state index contributed by atoms with van der Waals surface area (Å²) in [7, 11) is 0. The van der Waals surface area contributed by atoms with Crippen molar-refractivity contribution >= 4 is 17.6 Å². The molecule has 0 aliphatic rings. The first-order valence-corrected chi connectivity index (χ1v) is 14.1. The van der Waals surface area contributed by atoms with Crippen LogP contribution in [-0.2, 0) is 37.1 Å². The van der Waals surface area contributed by atoms with Gasteiger partial charge in [-0.15, -0.1) is 0 Å². The molecule has 0 aliphatic heterocycles. The van der Waals surface area contributed by atoms with Crippen molar-refractivity contribution in [2.45, 2.75) is 26.7 Å². The summed E-state index contributed by atoms with van der Waals surface area (Å²) in [6, 6.07) is 34.8. The van der Waals surface area contributed by atoms with Gasteiger partial charge in [0.25, 0.3) is 5.91 Å². The average Bonchev–Trinajstić information content (AvgIpc) is 3.36. The molecule has 0 bridgehead atoms. The standard InChI is InChI=1S/C31H26N4O3.C2H4O2.C2H6O.Zn/c36-28-19-11-10-18-25(28)30(37)33-32-26(20-22-12-4-1-5-13-22)29-27(21-23-14-6-2-7-15-23)34-35(31(29)38)24-16-8-3-9-17-24;1-2(3)4;1-2-3;/h1-19,36,38H,20-21H2,(H,33,37);1H3,(H,3,4);3H,2H2,1H3;/q;;;+2/p-2/b32-26+;;;. The van der Waals surface area contributed by atoms with Crippen molar-refractivity contribution in [3.63, 3.8) is 0 Å². The van der Waals surface area contributed by atoms with Gasteiger partial charge in [0.15, 0.2) is 0 Å². The number of nitrogens with zero attached hydrogens (tertiary/aromatic N) is 3. The first-order chi connectivity index (χ1) is 21.7. The van der Waals surface area contributed by atoms with Gasteiger partial charge < -0.3 is 25.2 Å². The van der Waals surface area contributed by atoms with E-state index < -0.39 is 11.9 Å². The Kier molecular flexibility index (Phi) is 15.6. The summed E-state index contributed by atoms with van der Waals surface area (Å²) < 4.78 is 1.37. The van der Waals surface area contributed by atoms with Crippen LogP contribution in [-0.4, -0.2) is 44.2 Å². The van der Waals surface area contributed by atoms with Crippen molar-refractivity contribution in [2.24, 2.45) is 5.10 Å². The summed E-state index contributed by atoms with van der Waals surface area (Å²) in [6.07, 6.45) is 0.700. The molecule has 0 unspecified atom stereocenters. The number of carbonyl (C=O) groups is 2. The van der Waals surface area contributed by atoms with Gasteiger partial charge in [-0.25, -0.2) is 10.1 Å². The largest absolute Gasteiger partial charge is 2.00 e. The van der Waals surface area contributed by atoms with Crippen molar-refractivity contribution in [2.75, 3.05) is 6.61 Å². The van der Waals surface area contributed by atoms with Crippen molar-refractivity contribution in [3.8, 4) is 17.3 Å². The van der Waals surface area contributed by atoms with Crippen LogP contribution in [0.4, 0.5) is 0 Å². The first-order valence-electron chi connectivity index (χ1n) is 14.1. The summed E-state index contributed by atoms with van der Waals surface area (Å²) in [5, 5.41) is 49.6. The topological polar surface area (TPSA) is 163 Å². The molecule has 1 aromatic heterocycles. The van der Waals surface area contributed by atoms with E-state index in [1.165, 1.54) is 16.8 Å². The van der Waals surface area contributed by atoms with Gasteiger partial charge in [0.05, 0.1) is 22.7 Å². The predicted octanol–water partition coefficient (Wildman–Crippen LogP) is 3.37. The van der Waals surface area contributed by atoms with Crippen LogP contribution in [0.1, 0.15) is 46.6 Å². The Morgan fingerprint density at radius 2 is 1.33 bits per heavy atom. The molecule has 0 saturated carbocycles. The van der Waals surface area contributed by atoms with Crippen LogP contribution in [0.5, 0.6) is 11.6 Å². The minimum Gasteiger partial charge on any atom is -0.858 e. The number of nitrogens with one attached hydrogen (secondary N) is 1. The summed E-state index contributed by atoms with van der Waals surface area (Å²) in [4.78, 5) is 21.8. The van der Waals surface area contributed by atoms with Crippen molar-refractivity contribution < 1.29 is 49.5 Å². The summed E-state index contributed by atoms with van der Waals surface area (Å²) in [6.45, 7) is 2.90. The van der Waals surface area contributed by atoms with Gasteiger partial charge in [0, 0.05) is 36.9 Å². The van der Waals surface area contributed by atoms with Gasteiger partial charge in [-0.05, 0) is 49.2 Å². The Morgan fingerprint density at radius 1 is 0.848 bits per heavy atom. The van der Waals surface area contributed by atoms with Gasteiger partial charge >= 0.3 is 19.5 Å². The molecule has 0 spiro atoms. The van der Waals surface area contributed by atoms with E-state index in [1.54, 1.807) is 19.1 Å². The normalized spacial score (nSPS) is 10.3. The van der Waals surface area contributed by atoms with E-state index >= 15 is 0 Å². The molecule has 11 heteroatoms. The molecule has 232 valence electrons. The second kappa shape index (κ2) is 19.3. The third kappa shape index (κ3) is 11.1. The minimum absolute atomic E-state index is 0. The van der Waals surface area contributed by atoms with E-state index in [9.17, 15) is 15.0 Å². The van der Waals surface area contributed by atoms with E-state index in [2.05, 4.69) is 10.5 Å². The van der Waals surface area contributed by atoms with E-state index in [4.69, 9.17) is 20.1 Å². The number of aromatic nitrogens is 2. The number of rotatable bonds is 8. The molecule has 1 amide bonds. The molecule has 0 atom stereocenters. The van der Waals surface area contributed by atoms with Crippen LogP contribution < -0.4 is 15.6 Å². The number of benzene rings is 4. The molecule has 5 aromatic rings. The number of amides is 1.